The summed E-state index contributed by atoms with van der Waals surface area (Å²) in [7, 11) is 0. The van der Waals surface area contributed by atoms with Crippen LogP contribution in [0.1, 0.15) is 10.5 Å². The van der Waals surface area contributed by atoms with Gasteiger partial charge in [-0.05, 0) is 23.9 Å². The fraction of sp³-hybridized carbons (Fsp3) is 0. The van der Waals surface area contributed by atoms with E-state index < -0.39 is 5.91 Å². The van der Waals surface area contributed by atoms with Gasteiger partial charge in [0.05, 0.1) is 5.69 Å². The van der Waals surface area contributed by atoms with E-state index in [4.69, 9.17) is 11.5 Å². The number of aromatic nitrogens is 2. The number of hydrogen-bond donors (Lipinski definition) is 2. The average Bonchev–Trinajstić information content (AvgIpc) is 2.73. The van der Waals surface area contributed by atoms with E-state index in [1.165, 1.54) is 29.2 Å². The Hall–Kier alpha value is -1.60. The Morgan fingerprint density at radius 1 is 1.44 bits per heavy atom. The SMILES string of the molecule is NC(=O)c1ccc(N)c(Sc2nccs2)n1. The van der Waals surface area contributed by atoms with E-state index in [2.05, 4.69) is 9.97 Å². The summed E-state index contributed by atoms with van der Waals surface area (Å²) in [5, 5.41) is 2.41. The number of nitrogens with two attached hydrogens (primary N) is 2. The maximum Gasteiger partial charge on any atom is 0.267 e. The first-order chi connectivity index (χ1) is 7.66. The third kappa shape index (κ3) is 2.31. The van der Waals surface area contributed by atoms with Gasteiger partial charge in [0.1, 0.15) is 10.7 Å². The number of nitrogen functional groups attached to an aromatic ring is 1. The molecule has 0 saturated carbocycles. The molecule has 0 spiro atoms. The minimum absolute atomic E-state index is 0.202. The second kappa shape index (κ2) is 4.50. The fourth-order valence-electron chi connectivity index (χ4n) is 1.01. The average molecular weight is 252 g/mol. The maximum atomic E-state index is 11.0. The van der Waals surface area contributed by atoms with Crippen LogP contribution in [-0.4, -0.2) is 15.9 Å². The number of anilines is 1. The van der Waals surface area contributed by atoms with Crippen LogP contribution in [0, 0.1) is 0 Å². The summed E-state index contributed by atoms with van der Waals surface area (Å²) in [6, 6.07) is 3.12. The van der Waals surface area contributed by atoms with Gasteiger partial charge in [-0.15, -0.1) is 11.3 Å². The number of primary amides is 1. The number of amides is 1. The third-order valence-corrected chi connectivity index (χ3v) is 3.64. The van der Waals surface area contributed by atoms with Crippen LogP contribution in [0.4, 0.5) is 5.69 Å². The van der Waals surface area contributed by atoms with Crippen molar-refractivity contribution < 1.29 is 4.79 Å². The molecule has 0 atom stereocenters. The van der Waals surface area contributed by atoms with Gasteiger partial charge in [0.2, 0.25) is 0 Å². The molecule has 0 aliphatic rings. The van der Waals surface area contributed by atoms with Crippen molar-refractivity contribution >= 4 is 34.7 Å². The summed E-state index contributed by atoms with van der Waals surface area (Å²) in [4.78, 5) is 19.1. The van der Waals surface area contributed by atoms with Gasteiger partial charge < -0.3 is 11.5 Å². The lowest BCUT2D eigenvalue weighted by atomic mass is 10.3. The Morgan fingerprint density at radius 2 is 2.25 bits per heavy atom. The second-order valence-corrected chi connectivity index (χ2v) is 4.99. The van der Waals surface area contributed by atoms with Gasteiger partial charge in [-0.25, -0.2) is 9.97 Å². The molecule has 0 unspecified atom stereocenters. The van der Waals surface area contributed by atoms with E-state index in [9.17, 15) is 4.79 Å². The van der Waals surface area contributed by atoms with E-state index in [1.807, 2.05) is 5.38 Å². The Morgan fingerprint density at radius 3 is 2.88 bits per heavy atom. The van der Waals surface area contributed by atoms with Crippen molar-refractivity contribution in [1.29, 1.82) is 0 Å². The topological polar surface area (TPSA) is 94.9 Å². The Labute approximate surface area is 99.9 Å². The van der Waals surface area contributed by atoms with Crippen molar-refractivity contribution in [3.8, 4) is 0 Å². The highest BCUT2D eigenvalue weighted by molar-refractivity contribution is 8.01. The molecular weight excluding hydrogens is 244 g/mol. The van der Waals surface area contributed by atoms with Gasteiger partial charge in [-0.3, -0.25) is 4.79 Å². The highest BCUT2D eigenvalue weighted by atomic mass is 32.2. The van der Waals surface area contributed by atoms with Crippen molar-refractivity contribution in [2.75, 3.05) is 5.73 Å². The van der Waals surface area contributed by atoms with Crippen LogP contribution < -0.4 is 11.5 Å². The molecule has 2 rings (SSSR count). The highest BCUT2D eigenvalue weighted by Crippen LogP contribution is 2.31. The number of carbonyl (C=O) groups is 1. The monoisotopic (exact) mass is 252 g/mol. The van der Waals surface area contributed by atoms with Gasteiger partial charge in [0.25, 0.3) is 5.91 Å². The first kappa shape index (κ1) is 10.9. The fourth-order valence-corrected chi connectivity index (χ4v) is 2.58. The first-order valence-electron chi connectivity index (χ1n) is 4.30. The number of thiazole rings is 1. The van der Waals surface area contributed by atoms with E-state index >= 15 is 0 Å². The largest absolute Gasteiger partial charge is 0.397 e. The molecule has 4 N–H and O–H groups in total. The molecule has 0 fully saturated rings. The lowest BCUT2D eigenvalue weighted by Gasteiger charge is -2.03. The second-order valence-electron chi connectivity index (χ2n) is 2.86. The molecule has 1 amide bonds. The smallest absolute Gasteiger partial charge is 0.267 e. The van der Waals surface area contributed by atoms with Crippen LogP contribution in [0.3, 0.4) is 0 Å². The molecule has 2 heterocycles. The maximum absolute atomic E-state index is 11.0. The molecule has 0 radical (unpaired) electrons. The lowest BCUT2D eigenvalue weighted by Crippen LogP contribution is -2.13. The Balaban J connectivity index is 2.32. The van der Waals surface area contributed by atoms with E-state index in [0.29, 0.717) is 10.7 Å². The zero-order valence-corrected chi connectivity index (χ0v) is 9.72. The number of nitrogens with zero attached hydrogens (tertiary/aromatic N) is 2. The van der Waals surface area contributed by atoms with Gasteiger partial charge in [-0.1, -0.05) is 0 Å². The minimum atomic E-state index is -0.569. The minimum Gasteiger partial charge on any atom is -0.397 e. The first-order valence-corrected chi connectivity index (χ1v) is 6.00. The molecule has 0 aromatic carbocycles. The quantitative estimate of drug-likeness (QED) is 0.860. The zero-order chi connectivity index (χ0) is 11.5. The summed E-state index contributed by atoms with van der Waals surface area (Å²) < 4.78 is 0.820. The van der Waals surface area contributed by atoms with Crippen molar-refractivity contribution in [3.05, 3.63) is 29.4 Å². The van der Waals surface area contributed by atoms with Crippen LogP contribution in [0.15, 0.2) is 33.1 Å². The van der Waals surface area contributed by atoms with E-state index in [-0.39, 0.29) is 5.69 Å². The third-order valence-electron chi connectivity index (χ3n) is 1.74. The van der Waals surface area contributed by atoms with Gasteiger partial charge >= 0.3 is 0 Å². The summed E-state index contributed by atoms with van der Waals surface area (Å²) in [5.74, 6) is -0.569. The van der Waals surface area contributed by atoms with Crippen molar-refractivity contribution in [2.45, 2.75) is 9.37 Å². The predicted molar refractivity (Wildman–Crippen MR) is 63.4 cm³/mol. The molecule has 16 heavy (non-hydrogen) atoms. The van der Waals surface area contributed by atoms with Gasteiger partial charge in [-0.2, -0.15) is 0 Å². The summed E-state index contributed by atoms with van der Waals surface area (Å²) in [5.41, 5.74) is 11.6. The molecular formula is C9H8N4OS2. The van der Waals surface area contributed by atoms with Crippen molar-refractivity contribution in [1.82, 2.24) is 9.97 Å². The molecule has 0 saturated heterocycles. The van der Waals surface area contributed by atoms with Crippen LogP contribution in [0.25, 0.3) is 0 Å². The van der Waals surface area contributed by atoms with Crippen LogP contribution in [-0.2, 0) is 0 Å². The van der Waals surface area contributed by atoms with Crippen LogP contribution in [0.5, 0.6) is 0 Å². The molecule has 82 valence electrons. The highest BCUT2D eigenvalue weighted by Gasteiger charge is 2.09. The summed E-state index contributed by atoms with van der Waals surface area (Å²) >= 11 is 2.80. The van der Waals surface area contributed by atoms with Crippen molar-refractivity contribution in [2.24, 2.45) is 5.73 Å². The summed E-state index contributed by atoms with van der Waals surface area (Å²) in [6.07, 6.45) is 1.70. The van der Waals surface area contributed by atoms with Crippen molar-refractivity contribution in [3.63, 3.8) is 0 Å². The molecule has 2 aromatic rings. The predicted octanol–water partition coefficient (Wildman–Crippen LogP) is 1.37. The molecule has 2 aromatic heterocycles. The van der Waals surface area contributed by atoms with Crippen LogP contribution in [0.2, 0.25) is 0 Å². The standard InChI is InChI=1S/C9H8N4OS2/c10-5-1-2-6(7(11)14)13-8(5)16-9-12-3-4-15-9/h1-4H,10H2,(H2,11,14). The molecule has 5 nitrogen and oxygen atoms in total. The molecule has 0 bridgehead atoms. The molecule has 7 heteroatoms. The number of rotatable bonds is 3. The van der Waals surface area contributed by atoms with Crippen LogP contribution >= 0.6 is 23.1 Å². The van der Waals surface area contributed by atoms with Gasteiger partial charge in [0.15, 0.2) is 4.34 Å². The zero-order valence-electron chi connectivity index (χ0n) is 8.08. The number of carbonyl (C=O) groups excluding carboxylic acids is 1. The van der Waals surface area contributed by atoms with E-state index in [0.717, 1.165) is 4.34 Å². The van der Waals surface area contributed by atoms with E-state index in [1.54, 1.807) is 12.3 Å². The molecule has 0 aliphatic carbocycles. The number of hydrogen-bond acceptors (Lipinski definition) is 6. The lowest BCUT2D eigenvalue weighted by molar-refractivity contribution is 0.0995. The summed E-state index contributed by atoms with van der Waals surface area (Å²) in [6.45, 7) is 0. The molecule has 0 aliphatic heterocycles. The normalized spacial score (nSPS) is 10.2. The number of pyridine rings is 1. The Bertz CT molecular complexity index is 512. The van der Waals surface area contributed by atoms with Gasteiger partial charge in [0, 0.05) is 11.6 Å². The Kier molecular flexibility index (Phi) is 3.07.